The average molecular weight is 600 g/mol. The number of benzene rings is 1. The number of hydrogen-bond donors (Lipinski definition) is 5. The molecule has 0 radical (unpaired) electrons. The predicted octanol–water partition coefficient (Wildman–Crippen LogP) is -0.0618. The molecular weight excluding hydrogens is 576 g/mol. The monoisotopic (exact) mass is 599 g/mol. The first-order chi connectivity index (χ1) is 16.3. The van der Waals surface area contributed by atoms with Gasteiger partial charge >= 0.3 is 20.9 Å². The molecule has 1 unspecified atom stereocenters. The largest absolute Gasteiger partial charge is 0.389 e. The lowest BCUT2D eigenvalue weighted by Crippen LogP contribution is -2.42. The molecule has 0 amide bonds. The fourth-order valence-corrected chi connectivity index (χ4v) is 6.03. The number of hydrogen-bond acceptors (Lipinski definition) is 9. The highest BCUT2D eigenvalue weighted by Gasteiger charge is 2.45. The van der Waals surface area contributed by atoms with Crippen LogP contribution in [0.4, 0.5) is 0 Å². The van der Waals surface area contributed by atoms with Crippen LogP contribution in [0.5, 0.6) is 0 Å². The van der Waals surface area contributed by atoms with E-state index in [9.17, 15) is 29.0 Å². The molecule has 0 spiro atoms. The van der Waals surface area contributed by atoms with Crippen molar-refractivity contribution in [3.05, 3.63) is 62.5 Å². The highest BCUT2D eigenvalue weighted by molar-refractivity contribution is 9.10. The molecule has 1 fully saturated rings. The van der Waals surface area contributed by atoms with Gasteiger partial charge in [0.05, 0.1) is 6.61 Å². The third-order valence-corrected chi connectivity index (χ3v) is 8.94. The lowest BCUT2D eigenvalue weighted by atomic mass is 10.1. The van der Waals surface area contributed by atoms with Crippen LogP contribution in [0.15, 0.2) is 51.0 Å². The van der Waals surface area contributed by atoms with Crippen LogP contribution in [0.25, 0.3) is 0 Å². The van der Waals surface area contributed by atoms with E-state index in [-0.39, 0.29) is 12.1 Å². The summed E-state index contributed by atoms with van der Waals surface area (Å²) >= 11 is 3.33. The number of ether oxygens (including phenoxy) is 1. The van der Waals surface area contributed by atoms with Gasteiger partial charge in [0.2, 0.25) is 0 Å². The molecule has 194 valence electrons. The van der Waals surface area contributed by atoms with E-state index in [0.717, 1.165) is 19.2 Å². The highest BCUT2D eigenvalue weighted by atomic mass is 79.9. The molecule has 1 aromatic carbocycles. The SMILES string of the molecule is Cn1c(=NOCc2ccc(Br)cc2)ccn([C@@H]2O[C@H](COP(=O)(O)CP(=O)(O)O)[C@@H](O)[C@H]2O)c1=O. The van der Waals surface area contributed by atoms with E-state index in [1.807, 2.05) is 24.3 Å². The Bertz CT molecular complexity index is 1260. The summed E-state index contributed by atoms with van der Waals surface area (Å²) in [6.45, 7) is -0.605. The minimum absolute atomic E-state index is 0.158. The van der Waals surface area contributed by atoms with Crippen LogP contribution in [0, 0.1) is 0 Å². The van der Waals surface area contributed by atoms with Gasteiger partial charge in [-0.1, -0.05) is 33.2 Å². The van der Waals surface area contributed by atoms with Gasteiger partial charge in [-0.15, -0.1) is 0 Å². The van der Waals surface area contributed by atoms with E-state index >= 15 is 0 Å². The third kappa shape index (κ3) is 7.43. The summed E-state index contributed by atoms with van der Waals surface area (Å²) in [6, 6.07) is 8.78. The van der Waals surface area contributed by atoms with Crippen molar-refractivity contribution in [2.45, 2.75) is 31.1 Å². The fourth-order valence-electron chi connectivity index (χ4n) is 3.19. The number of halogens is 1. The first-order valence-corrected chi connectivity index (χ1v) is 14.3. The van der Waals surface area contributed by atoms with Gasteiger partial charge in [-0.2, -0.15) is 0 Å². The van der Waals surface area contributed by atoms with Crippen LogP contribution in [-0.4, -0.2) is 64.8 Å². The number of aromatic nitrogens is 2. The molecule has 14 nitrogen and oxygen atoms in total. The Kier molecular flexibility index (Phi) is 8.92. The lowest BCUT2D eigenvalue weighted by Gasteiger charge is -2.19. The number of nitrogens with zero attached hydrogens (tertiary/aromatic N) is 3. The number of aliphatic hydroxyl groups is 2. The van der Waals surface area contributed by atoms with Crippen molar-refractivity contribution in [2.24, 2.45) is 12.2 Å². The van der Waals surface area contributed by atoms with Crippen molar-refractivity contribution >= 4 is 31.1 Å². The van der Waals surface area contributed by atoms with Gasteiger partial charge < -0.3 is 39.0 Å². The molecule has 1 saturated heterocycles. The maximum Gasteiger partial charge on any atom is 0.340 e. The molecule has 5 N–H and O–H groups in total. The van der Waals surface area contributed by atoms with E-state index in [4.69, 9.17) is 19.4 Å². The first-order valence-electron chi connectivity index (χ1n) is 9.98. The van der Waals surface area contributed by atoms with E-state index in [0.29, 0.717) is 0 Å². The van der Waals surface area contributed by atoms with Crippen molar-refractivity contribution in [1.29, 1.82) is 0 Å². The van der Waals surface area contributed by atoms with Crippen molar-refractivity contribution in [3.8, 4) is 0 Å². The quantitative estimate of drug-likeness (QED) is 0.191. The van der Waals surface area contributed by atoms with Crippen LogP contribution in [0.3, 0.4) is 0 Å². The Labute approximate surface area is 206 Å². The summed E-state index contributed by atoms with van der Waals surface area (Å²) in [5.74, 6) is -1.42. The standard InChI is InChI=1S/C18H24BrN3O11P2/c1-21-14(20-31-8-11-2-4-12(19)5-3-11)6-7-22(18(21)25)17-16(24)15(23)13(33-17)9-32-35(29,30)10-34(26,27)28/h2-7,13,15-17,23-24H,8-10H2,1H3,(H,29,30)(H2,26,27,28)/t13-,15-,16-,17-/m1/s1. The molecule has 2 aromatic rings. The summed E-state index contributed by atoms with van der Waals surface area (Å²) in [5, 5.41) is 24.5. The summed E-state index contributed by atoms with van der Waals surface area (Å²) in [4.78, 5) is 45.4. The lowest BCUT2D eigenvalue weighted by molar-refractivity contribution is -0.0530. The smallest absolute Gasteiger partial charge is 0.340 e. The van der Waals surface area contributed by atoms with Gasteiger partial charge in [0.15, 0.2) is 17.6 Å². The molecule has 1 aliphatic heterocycles. The molecular formula is C18H24BrN3O11P2. The molecule has 1 aromatic heterocycles. The van der Waals surface area contributed by atoms with Crippen molar-refractivity contribution in [2.75, 3.05) is 12.5 Å². The minimum Gasteiger partial charge on any atom is -0.389 e. The van der Waals surface area contributed by atoms with E-state index < -0.39 is 57.9 Å². The molecule has 2 heterocycles. The molecule has 35 heavy (non-hydrogen) atoms. The first kappa shape index (κ1) is 27.9. The van der Waals surface area contributed by atoms with Gasteiger partial charge in [0.25, 0.3) is 0 Å². The number of rotatable bonds is 9. The average Bonchev–Trinajstić information content (AvgIpc) is 3.03. The summed E-state index contributed by atoms with van der Waals surface area (Å²) < 4.78 is 35.9. The Hall–Kier alpha value is -1.64. The molecule has 5 atom stereocenters. The second kappa shape index (κ2) is 11.2. The normalized spacial score (nSPS) is 24.9. The predicted molar refractivity (Wildman–Crippen MR) is 123 cm³/mol. The zero-order valence-electron chi connectivity index (χ0n) is 18.2. The van der Waals surface area contributed by atoms with E-state index in [2.05, 4.69) is 25.6 Å². The molecule has 0 aliphatic carbocycles. The Morgan fingerprint density at radius 2 is 1.77 bits per heavy atom. The van der Waals surface area contributed by atoms with Crippen molar-refractivity contribution in [3.63, 3.8) is 0 Å². The van der Waals surface area contributed by atoms with Gasteiger partial charge in [0.1, 0.15) is 24.9 Å². The van der Waals surface area contributed by atoms with Gasteiger partial charge in [0, 0.05) is 23.8 Å². The van der Waals surface area contributed by atoms with Crippen LogP contribution in [0.1, 0.15) is 11.8 Å². The minimum atomic E-state index is -4.84. The van der Waals surface area contributed by atoms with Crippen LogP contribution < -0.4 is 11.2 Å². The fraction of sp³-hybridized carbons (Fsp3) is 0.444. The second-order valence-electron chi connectivity index (χ2n) is 7.70. The second-order valence-corrected chi connectivity index (χ2v) is 12.6. The molecule has 3 rings (SSSR count). The van der Waals surface area contributed by atoms with Crippen molar-refractivity contribution in [1.82, 2.24) is 9.13 Å². The molecule has 0 bridgehead atoms. The molecule has 0 saturated carbocycles. The Morgan fingerprint density at radius 1 is 1.11 bits per heavy atom. The zero-order valence-corrected chi connectivity index (χ0v) is 21.6. The van der Waals surface area contributed by atoms with Gasteiger partial charge in [-0.3, -0.25) is 18.3 Å². The highest BCUT2D eigenvalue weighted by Crippen LogP contribution is 2.55. The molecule has 1 aliphatic rings. The maximum atomic E-state index is 12.8. The Morgan fingerprint density at radius 3 is 2.40 bits per heavy atom. The number of aliphatic hydroxyl groups excluding tert-OH is 2. The van der Waals surface area contributed by atoms with E-state index in [1.54, 1.807) is 0 Å². The van der Waals surface area contributed by atoms with Crippen LogP contribution in [0.2, 0.25) is 0 Å². The summed E-state index contributed by atoms with van der Waals surface area (Å²) in [5.41, 5.74) is 0.339. The summed E-state index contributed by atoms with van der Waals surface area (Å²) in [7, 11) is -8.14. The molecule has 17 heteroatoms. The topological polar surface area (TPSA) is 202 Å². The van der Waals surface area contributed by atoms with Crippen molar-refractivity contribution < 1.29 is 48.1 Å². The van der Waals surface area contributed by atoms with Gasteiger partial charge in [-0.05, 0) is 17.7 Å². The zero-order chi connectivity index (χ0) is 26.0. The maximum absolute atomic E-state index is 12.8. The van der Waals surface area contributed by atoms with Gasteiger partial charge in [-0.25, -0.2) is 4.79 Å². The van der Waals surface area contributed by atoms with E-state index in [1.165, 1.54) is 19.3 Å². The summed E-state index contributed by atoms with van der Waals surface area (Å²) in [6.07, 6.45) is -4.71. The third-order valence-electron chi connectivity index (χ3n) is 4.95. The Balaban J connectivity index is 1.70. The van der Waals surface area contributed by atoms with Crippen LogP contribution >= 0.6 is 31.1 Å². The van der Waals surface area contributed by atoms with Crippen LogP contribution in [-0.2, 0) is 36.9 Å².